The van der Waals surface area contributed by atoms with E-state index in [9.17, 15) is 13.2 Å². The molecule has 0 unspecified atom stereocenters. The van der Waals surface area contributed by atoms with E-state index in [0.29, 0.717) is 32.5 Å². The van der Waals surface area contributed by atoms with Gasteiger partial charge in [0.05, 0.1) is 11.8 Å². The SMILES string of the molecule is Cc1cc(CNC(=O)C2CCN(S(C)(=O)=O)CC2)c2[nH]c(C)c(C)c2c1. The summed E-state index contributed by atoms with van der Waals surface area (Å²) in [5.74, 6) is -0.117. The molecular formula is C19H27N3O3S. The summed E-state index contributed by atoms with van der Waals surface area (Å²) in [6.45, 7) is 7.53. The summed E-state index contributed by atoms with van der Waals surface area (Å²) in [5.41, 5.74) is 5.72. The molecule has 3 rings (SSSR count). The lowest BCUT2D eigenvalue weighted by molar-refractivity contribution is -0.126. The second-order valence-corrected chi connectivity index (χ2v) is 9.36. The van der Waals surface area contributed by atoms with E-state index in [1.807, 2.05) is 0 Å². The van der Waals surface area contributed by atoms with Crippen LogP contribution in [0.2, 0.25) is 0 Å². The second kappa shape index (κ2) is 7.04. The number of benzene rings is 1. The predicted molar refractivity (Wildman–Crippen MR) is 103 cm³/mol. The van der Waals surface area contributed by atoms with Crippen molar-refractivity contribution in [2.45, 2.75) is 40.2 Å². The Labute approximate surface area is 155 Å². The summed E-state index contributed by atoms with van der Waals surface area (Å²) in [4.78, 5) is 16.0. The largest absolute Gasteiger partial charge is 0.358 e. The Morgan fingerprint density at radius 1 is 1.23 bits per heavy atom. The summed E-state index contributed by atoms with van der Waals surface area (Å²) < 4.78 is 24.6. The van der Waals surface area contributed by atoms with Gasteiger partial charge >= 0.3 is 0 Å². The molecule has 1 aromatic heterocycles. The average Bonchev–Trinajstić information content (AvgIpc) is 2.87. The lowest BCUT2D eigenvalue weighted by Gasteiger charge is -2.29. The summed E-state index contributed by atoms with van der Waals surface area (Å²) >= 11 is 0. The number of aromatic nitrogens is 1. The van der Waals surface area contributed by atoms with Crippen molar-refractivity contribution < 1.29 is 13.2 Å². The molecule has 0 spiro atoms. The van der Waals surface area contributed by atoms with E-state index in [1.54, 1.807) is 0 Å². The monoisotopic (exact) mass is 377 g/mol. The van der Waals surface area contributed by atoms with Crippen molar-refractivity contribution >= 4 is 26.8 Å². The van der Waals surface area contributed by atoms with Crippen LogP contribution in [-0.4, -0.2) is 43.0 Å². The normalized spacial score (nSPS) is 16.9. The van der Waals surface area contributed by atoms with Crippen LogP contribution < -0.4 is 5.32 Å². The van der Waals surface area contributed by atoms with E-state index in [1.165, 1.54) is 27.1 Å². The highest BCUT2D eigenvalue weighted by Gasteiger charge is 2.28. The molecule has 142 valence electrons. The van der Waals surface area contributed by atoms with E-state index >= 15 is 0 Å². The lowest BCUT2D eigenvalue weighted by atomic mass is 9.97. The van der Waals surface area contributed by atoms with Crippen LogP contribution >= 0.6 is 0 Å². The number of fused-ring (bicyclic) bond motifs is 1. The molecule has 2 N–H and O–H groups in total. The molecule has 1 aromatic carbocycles. The maximum atomic E-state index is 12.5. The number of amides is 1. The third-order valence-corrected chi connectivity index (χ3v) is 6.69. The molecule has 1 amide bonds. The van der Waals surface area contributed by atoms with E-state index < -0.39 is 10.0 Å². The van der Waals surface area contributed by atoms with E-state index in [-0.39, 0.29) is 11.8 Å². The zero-order valence-corrected chi connectivity index (χ0v) is 16.7. The molecule has 0 radical (unpaired) electrons. The molecule has 26 heavy (non-hydrogen) atoms. The van der Waals surface area contributed by atoms with Gasteiger partial charge in [-0.25, -0.2) is 12.7 Å². The van der Waals surface area contributed by atoms with Gasteiger partial charge in [0.15, 0.2) is 0 Å². The number of carbonyl (C=O) groups excluding carboxylic acids is 1. The third-order valence-electron chi connectivity index (χ3n) is 5.39. The van der Waals surface area contributed by atoms with Crippen LogP contribution in [0.25, 0.3) is 10.9 Å². The number of hydrogen-bond donors (Lipinski definition) is 2. The highest BCUT2D eigenvalue weighted by atomic mass is 32.2. The Balaban J connectivity index is 1.67. The van der Waals surface area contributed by atoms with Crippen molar-refractivity contribution in [1.82, 2.24) is 14.6 Å². The van der Waals surface area contributed by atoms with E-state index in [4.69, 9.17) is 0 Å². The predicted octanol–water partition coefficient (Wildman–Crippen LogP) is 2.38. The molecule has 0 bridgehead atoms. The van der Waals surface area contributed by atoms with Gasteiger partial charge < -0.3 is 10.3 Å². The summed E-state index contributed by atoms with van der Waals surface area (Å²) in [6, 6.07) is 4.27. The molecular weight excluding hydrogens is 350 g/mol. The van der Waals surface area contributed by atoms with Gasteiger partial charge in [-0.15, -0.1) is 0 Å². The Morgan fingerprint density at radius 2 is 1.88 bits per heavy atom. The minimum Gasteiger partial charge on any atom is -0.358 e. The van der Waals surface area contributed by atoms with Gasteiger partial charge in [-0.3, -0.25) is 4.79 Å². The molecule has 0 atom stereocenters. The van der Waals surface area contributed by atoms with E-state index in [2.05, 4.69) is 43.2 Å². The molecule has 2 aromatic rings. The van der Waals surface area contributed by atoms with Crippen molar-refractivity contribution in [1.29, 1.82) is 0 Å². The topological polar surface area (TPSA) is 82.3 Å². The number of carbonyl (C=O) groups is 1. The standard InChI is InChI=1S/C19H27N3O3S/c1-12-9-16(18-17(10-12)13(2)14(3)21-18)11-20-19(23)15-5-7-22(8-6-15)26(4,24)25/h9-10,15,21H,5-8,11H2,1-4H3,(H,20,23). The van der Waals surface area contributed by atoms with Crippen molar-refractivity contribution in [2.75, 3.05) is 19.3 Å². The fourth-order valence-corrected chi connectivity index (χ4v) is 4.58. The zero-order valence-electron chi connectivity index (χ0n) is 15.8. The molecule has 6 nitrogen and oxygen atoms in total. The maximum absolute atomic E-state index is 12.5. The molecule has 1 saturated heterocycles. The van der Waals surface area contributed by atoms with Crippen LogP contribution in [0.15, 0.2) is 12.1 Å². The van der Waals surface area contributed by atoms with E-state index in [0.717, 1.165) is 16.8 Å². The molecule has 0 aliphatic carbocycles. The number of piperidine rings is 1. The number of sulfonamides is 1. The van der Waals surface area contributed by atoms with Crippen molar-refractivity contribution in [3.8, 4) is 0 Å². The van der Waals surface area contributed by atoms with Gasteiger partial charge in [0.1, 0.15) is 0 Å². The molecule has 1 fully saturated rings. The smallest absolute Gasteiger partial charge is 0.223 e. The Hall–Kier alpha value is -1.86. The van der Waals surface area contributed by atoms with Gasteiger partial charge in [0.2, 0.25) is 15.9 Å². The number of H-pyrrole nitrogens is 1. The lowest BCUT2D eigenvalue weighted by Crippen LogP contribution is -2.42. The minimum absolute atomic E-state index is 0.00723. The Bertz CT molecular complexity index is 939. The first-order valence-corrected chi connectivity index (χ1v) is 10.8. The van der Waals surface area contributed by atoms with Gasteiger partial charge in [0, 0.05) is 36.6 Å². The maximum Gasteiger partial charge on any atom is 0.223 e. The number of rotatable bonds is 4. The molecule has 2 heterocycles. The highest BCUT2D eigenvalue weighted by Crippen LogP contribution is 2.26. The number of nitrogens with one attached hydrogen (secondary N) is 2. The molecule has 0 saturated carbocycles. The van der Waals surface area contributed by atoms with Gasteiger partial charge in [-0.1, -0.05) is 11.6 Å². The summed E-state index contributed by atoms with van der Waals surface area (Å²) in [6.07, 6.45) is 2.36. The molecule has 1 aliphatic rings. The zero-order chi connectivity index (χ0) is 19.1. The second-order valence-electron chi connectivity index (χ2n) is 7.38. The Morgan fingerprint density at radius 3 is 2.50 bits per heavy atom. The minimum atomic E-state index is -3.16. The first kappa shape index (κ1) is 18.9. The van der Waals surface area contributed by atoms with Crippen molar-refractivity contribution in [3.63, 3.8) is 0 Å². The molecule has 7 heteroatoms. The van der Waals surface area contributed by atoms with Crippen molar-refractivity contribution in [3.05, 3.63) is 34.5 Å². The van der Waals surface area contributed by atoms with Gasteiger partial charge in [-0.2, -0.15) is 0 Å². The highest BCUT2D eigenvalue weighted by molar-refractivity contribution is 7.88. The van der Waals surface area contributed by atoms with Gasteiger partial charge in [-0.05, 0) is 50.8 Å². The fourth-order valence-electron chi connectivity index (χ4n) is 3.70. The third kappa shape index (κ3) is 3.78. The van der Waals surface area contributed by atoms with Crippen molar-refractivity contribution in [2.24, 2.45) is 5.92 Å². The summed E-state index contributed by atoms with van der Waals surface area (Å²) in [5, 5.41) is 4.25. The van der Waals surface area contributed by atoms with Crippen LogP contribution in [0.3, 0.4) is 0 Å². The van der Waals surface area contributed by atoms with Crippen LogP contribution in [0.1, 0.15) is 35.2 Å². The summed E-state index contributed by atoms with van der Waals surface area (Å²) in [7, 11) is -3.16. The van der Waals surface area contributed by atoms with Gasteiger partial charge in [0.25, 0.3) is 0 Å². The number of aryl methyl sites for hydroxylation is 3. The number of hydrogen-bond acceptors (Lipinski definition) is 3. The number of nitrogens with zero attached hydrogens (tertiary/aromatic N) is 1. The first-order chi connectivity index (χ1) is 12.2. The van der Waals surface area contributed by atoms with Crippen LogP contribution in [0.5, 0.6) is 0 Å². The molecule has 1 aliphatic heterocycles. The average molecular weight is 378 g/mol. The van der Waals surface area contributed by atoms with Crippen LogP contribution in [0.4, 0.5) is 0 Å². The van der Waals surface area contributed by atoms with Crippen LogP contribution in [-0.2, 0) is 21.4 Å². The Kier molecular flexibility index (Phi) is 5.12. The first-order valence-electron chi connectivity index (χ1n) is 8.98. The number of aromatic amines is 1. The van der Waals surface area contributed by atoms with Crippen LogP contribution in [0, 0.1) is 26.7 Å². The fraction of sp³-hybridized carbons (Fsp3) is 0.526. The quantitative estimate of drug-likeness (QED) is 0.858.